The molecule has 0 fully saturated rings. The van der Waals surface area contributed by atoms with Crippen LogP contribution in [0.4, 0.5) is 17.1 Å². The zero-order chi connectivity index (χ0) is 38.4. The average Bonchev–Trinajstić information content (AvgIpc) is 3.63. The Bertz CT molecular complexity index is 3280. The number of rotatable bonds is 7. The Morgan fingerprint density at radius 3 is 1.74 bits per heavy atom. The van der Waals surface area contributed by atoms with Gasteiger partial charge in [-0.3, -0.25) is 0 Å². The van der Waals surface area contributed by atoms with Gasteiger partial charge in [-0.1, -0.05) is 182 Å². The molecule has 0 aliphatic rings. The third-order valence-electron chi connectivity index (χ3n) is 11.6. The van der Waals surface area contributed by atoms with Crippen molar-refractivity contribution in [3.05, 3.63) is 231 Å². The summed E-state index contributed by atoms with van der Waals surface area (Å²) in [5.74, 6) is 0. The highest BCUT2D eigenvalue weighted by atomic mass is 15.1. The van der Waals surface area contributed by atoms with Crippen LogP contribution in [-0.4, -0.2) is 4.57 Å². The van der Waals surface area contributed by atoms with E-state index in [4.69, 9.17) is 0 Å². The lowest BCUT2D eigenvalue weighted by Gasteiger charge is -2.30. The van der Waals surface area contributed by atoms with E-state index in [2.05, 4.69) is 240 Å². The quantitative estimate of drug-likeness (QED) is 0.158. The summed E-state index contributed by atoms with van der Waals surface area (Å²) in [4.78, 5) is 2.46. The van der Waals surface area contributed by atoms with Gasteiger partial charge in [0.15, 0.2) is 0 Å². The summed E-state index contributed by atoms with van der Waals surface area (Å²) in [6.07, 6.45) is 0. The zero-order valence-corrected chi connectivity index (χ0v) is 31.8. The van der Waals surface area contributed by atoms with Crippen molar-refractivity contribution < 1.29 is 0 Å². The fourth-order valence-corrected chi connectivity index (χ4v) is 8.96. The molecule has 1 aromatic heterocycles. The molecular weight excluding hydrogens is 701 g/mol. The number of hydrogen-bond acceptors (Lipinski definition) is 1. The van der Waals surface area contributed by atoms with Crippen LogP contribution in [0, 0.1) is 0 Å². The third-order valence-corrected chi connectivity index (χ3v) is 11.6. The average molecular weight is 739 g/mol. The molecular formula is C56H38N2. The topological polar surface area (TPSA) is 8.17 Å². The Kier molecular flexibility index (Phi) is 8.19. The fraction of sp³-hybridized carbons (Fsp3) is 0. The standard InChI is InChI=1S/C56H38N2/c1-3-17-40(18-4-1)47-30-14-21-41-22-15-31-51(56(41)47)49-29-10-12-33-54(49)58(52-34-16-20-39-19-7-8-27-46(39)52)45-26-13-23-42(37-45)43-35-36-50-48-28-9-11-32-53(48)57(55(50)38-43)44-24-5-2-6-25-44/h1-38H. The maximum absolute atomic E-state index is 2.46. The lowest BCUT2D eigenvalue weighted by molar-refractivity contribution is 1.18. The number of anilines is 3. The van der Waals surface area contributed by atoms with Crippen LogP contribution in [0.1, 0.15) is 0 Å². The monoisotopic (exact) mass is 738 g/mol. The van der Waals surface area contributed by atoms with Gasteiger partial charge in [-0.2, -0.15) is 0 Å². The van der Waals surface area contributed by atoms with Crippen LogP contribution in [0.3, 0.4) is 0 Å². The molecule has 11 aromatic rings. The first-order valence-electron chi connectivity index (χ1n) is 19.9. The van der Waals surface area contributed by atoms with Crippen LogP contribution in [0.2, 0.25) is 0 Å². The van der Waals surface area contributed by atoms with E-state index >= 15 is 0 Å². The van der Waals surface area contributed by atoms with Gasteiger partial charge in [0, 0.05) is 33.1 Å². The Hall–Kier alpha value is -7.68. The molecule has 0 N–H and O–H groups in total. The number of hydrogen-bond donors (Lipinski definition) is 0. The minimum atomic E-state index is 1.09. The summed E-state index contributed by atoms with van der Waals surface area (Å²) in [5, 5.41) is 7.36. The molecule has 0 saturated heterocycles. The number of benzene rings is 10. The molecule has 272 valence electrons. The lowest BCUT2D eigenvalue weighted by atomic mass is 9.90. The molecule has 0 unspecified atom stereocenters. The van der Waals surface area contributed by atoms with Crippen LogP contribution >= 0.6 is 0 Å². The van der Waals surface area contributed by atoms with Gasteiger partial charge in [-0.15, -0.1) is 0 Å². The predicted octanol–water partition coefficient (Wildman–Crippen LogP) is 15.6. The van der Waals surface area contributed by atoms with Crippen LogP contribution < -0.4 is 4.90 Å². The first kappa shape index (κ1) is 33.6. The highest BCUT2D eigenvalue weighted by Gasteiger charge is 2.22. The molecule has 0 radical (unpaired) electrons. The van der Waals surface area contributed by atoms with Crippen molar-refractivity contribution in [3.8, 4) is 39.1 Å². The minimum Gasteiger partial charge on any atom is -0.309 e. The van der Waals surface area contributed by atoms with E-state index < -0.39 is 0 Å². The number of para-hydroxylation sites is 3. The molecule has 2 nitrogen and oxygen atoms in total. The van der Waals surface area contributed by atoms with Gasteiger partial charge in [0.1, 0.15) is 0 Å². The van der Waals surface area contributed by atoms with Gasteiger partial charge in [-0.25, -0.2) is 0 Å². The molecule has 1 heterocycles. The van der Waals surface area contributed by atoms with Gasteiger partial charge in [-0.05, 0) is 92.5 Å². The summed E-state index contributed by atoms with van der Waals surface area (Å²) < 4.78 is 2.39. The van der Waals surface area contributed by atoms with Crippen LogP contribution in [-0.2, 0) is 0 Å². The van der Waals surface area contributed by atoms with E-state index in [0.717, 1.165) is 28.3 Å². The molecule has 10 aromatic carbocycles. The van der Waals surface area contributed by atoms with E-state index in [1.165, 1.54) is 71.2 Å². The van der Waals surface area contributed by atoms with Crippen molar-refractivity contribution in [1.82, 2.24) is 4.57 Å². The molecule has 0 aliphatic carbocycles. The smallest absolute Gasteiger partial charge is 0.0547 e. The minimum absolute atomic E-state index is 1.09. The molecule has 2 heteroatoms. The molecule has 0 spiro atoms. The summed E-state index contributed by atoms with van der Waals surface area (Å²) in [7, 11) is 0. The number of fused-ring (bicyclic) bond motifs is 5. The van der Waals surface area contributed by atoms with Crippen molar-refractivity contribution >= 4 is 60.4 Å². The summed E-state index contributed by atoms with van der Waals surface area (Å²) in [5.41, 5.74) is 14.0. The Balaban J connectivity index is 1.14. The van der Waals surface area contributed by atoms with Gasteiger partial charge in [0.25, 0.3) is 0 Å². The molecule has 0 aliphatic heterocycles. The van der Waals surface area contributed by atoms with Crippen molar-refractivity contribution in [2.75, 3.05) is 4.90 Å². The molecule has 0 bridgehead atoms. The maximum atomic E-state index is 2.46. The van der Waals surface area contributed by atoms with Crippen LogP contribution in [0.15, 0.2) is 231 Å². The van der Waals surface area contributed by atoms with Crippen molar-refractivity contribution in [3.63, 3.8) is 0 Å². The van der Waals surface area contributed by atoms with E-state index in [-0.39, 0.29) is 0 Å². The maximum Gasteiger partial charge on any atom is 0.0547 e. The SMILES string of the molecule is c1ccc(-c2cccc3cccc(-c4ccccc4N(c4cccc(-c5ccc6c7ccccc7n(-c7ccccc7)c6c5)c4)c4cccc5ccccc45)c23)cc1. The van der Waals surface area contributed by atoms with Gasteiger partial charge in [0.05, 0.1) is 22.4 Å². The first-order chi connectivity index (χ1) is 28.8. The lowest BCUT2D eigenvalue weighted by Crippen LogP contribution is -2.12. The fourth-order valence-electron chi connectivity index (χ4n) is 8.96. The molecule has 0 saturated carbocycles. The highest BCUT2D eigenvalue weighted by Crippen LogP contribution is 2.47. The van der Waals surface area contributed by atoms with Gasteiger partial charge in [0.2, 0.25) is 0 Å². The Morgan fingerprint density at radius 2 is 0.879 bits per heavy atom. The second kappa shape index (κ2) is 14.1. The van der Waals surface area contributed by atoms with Crippen molar-refractivity contribution in [1.29, 1.82) is 0 Å². The van der Waals surface area contributed by atoms with E-state index in [9.17, 15) is 0 Å². The molecule has 11 rings (SSSR count). The van der Waals surface area contributed by atoms with Crippen molar-refractivity contribution in [2.45, 2.75) is 0 Å². The van der Waals surface area contributed by atoms with Gasteiger partial charge >= 0.3 is 0 Å². The van der Waals surface area contributed by atoms with Crippen LogP contribution in [0.25, 0.3) is 82.4 Å². The second-order valence-electron chi connectivity index (χ2n) is 14.9. The van der Waals surface area contributed by atoms with E-state index in [1.54, 1.807) is 0 Å². The van der Waals surface area contributed by atoms with E-state index in [0.29, 0.717) is 0 Å². The first-order valence-corrected chi connectivity index (χ1v) is 19.9. The molecule has 58 heavy (non-hydrogen) atoms. The number of nitrogens with zero attached hydrogens (tertiary/aromatic N) is 2. The normalized spacial score (nSPS) is 11.4. The second-order valence-corrected chi connectivity index (χ2v) is 14.9. The molecule has 0 amide bonds. The third kappa shape index (κ3) is 5.66. The van der Waals surface area contributed by atoms with Gasteiger partial charge < -0.3 is 9.47 Å². The van der Waals surface area contributed by atoms with E-state index in [1.807, 2.05) is 0 Å². The summed E-state index contributed by atoms with van der Waals surface area (Å²) in [6, 6.07) is 83.8. The Morgan fingerprint density at radius 1 is 0.310 bits per heavy atom. The summed E-state index contributed by atoms with van der Waals surface area (Å²) >= 11 is 0. The van der Waals surface area contributed by atoms with Crippen LogP contribution in [0.5, 0.6) is 0 Å². The number of aromatic nitrogens is 1. The summed E-state index contributed by atoms with van der Waals surface area (Å²) in [6.45, 7) is 0. The Labute approximate surface area is 338 Å². The largest absolute Gasteiger partial charge is 0.309 e. The zero-order valence-electron chi connectivity index (χ0n) is 31.8. The predicted molar refractivity (Wildman–Crippen MR) is 247 cm³/mol. The highest BCUT2D eigenvalue weighted by molar-refractivity contribution is 6.11. The molecule has 0 atom stereocenters. The van der Waals surface area contributed by atoms with Crippen molar-refractivity contribution in [2.24, 2.45) is 0 Å².